The third-order valence-corrected chi connectivity index (χ3v) is 27.2. The molecule has 0 amide bonds. The van der Waals surface area contributed by atoms with E-state index in [9.17, 15) is 0 Å². The van der Waals surface area contributed by atoms with Crippen LogP contribution in [0, 0.1) is 34.6 Å². The van der Waals surface area contributed by atoms with Crippen LogP contribution in [0.2, 0.25) is 0 Å². The molecular formula is C113H87NOS3. The van der Waals surface area contributed by atoms with Crippen molar-refractivity contribution in [2.24, 2.45) is 0 Å². The first-order valence-electron chi connectivity index (χ1n) is 41.0. The molecule has 17 aromatic carbocycles. The van der Waals surface area contributed by atoms with Crippen molar-refractivity contribution in [2.75, 3.05) is 0 Å². The Bertz CT molecular complexity index is 7280. The van der Waals surface area contributed by atoms with Gasteiger partial charge in [-0.1, -0.05) is 369 Å². The van der Waals surface area contributed by atoms with Gasteiger partial charge in [0.25, 0.3) is 0 Å². The Balaban J connectivity index is 0.0000000984. The highest BCUT2D eigenvalue weighted by molar-refractivity contribution is 7.27. The first kappa shape index (κ1) is 74.8. The second-order valence-electron chi connectivity index (χ2n) is 30.9. The van der Waals surface area contributed by atoms with Crippen molar-refractivity contribution in [3.8, 4) is 72.4 Å². The van der Waals surface area contributed by atoms with Crippen LogP contribution in [0.15, 0.2) is 393 Å². The van der Waals surface area contributed by atoms with Gasteiger partial charge in [-0.2, -0.15) is 0 Å². The number of rotatable bonds is 8. The molecule has 118 heavy (non-hydrogen) atoms. The maximum absolute atomic E-state index is 6.48. The van der Waals surface area contributed by atoms with Crippen LogP contribution in [0.5, 0.6) is 0 Å². The molecule has 5 heterocycles. The predicted molar refractivity (Wildman–Crippen MR) is 515 cm³/mol. The van der Waals surface area contributed by atoms with Crippen LogP contribution in [0.1, 0.15) is 59.1 Å². The first-order valence-corrected chi connectivity index (χ1v) is 43.4. The molecule has 0 spiro atoms. The van der Waals surface area contributed by atoms with Gasteiger partial charge >= 0.3 is 0 Å². The fraction of sp³-hybridized carbons (Fsp3) is 0.0796. The van der Waals surface area contributed by atoms with Gasteiger partial charge in [0.1, 0.15) is 11.2 Å². The van der Waals surface area contributed by atoms with Gasteiger partial charge < -0.3 is 8.98 Å². The maximum Gasteiger partial charge on any atom is 0.143 e. The summed E-state index contributed by atoms with van der Waals surface area (Å²) in [6.45, 7) is 10.9. The van der Waals surface area contributed by atoms with Gasteiger partial charge in [0.2, 0.25) is 0 Å². The normalized spacial score (nSPS) is 12.0. The molecule has 2 nitrogen and oxygen atoms in total. The number of aryl methyl sites for hydroxylation is 5. The smallest absolute Gasteiger partial charge is 0.143 e. The molecule has 0 atom stereocenters. The highest BCUT2D eigenvalue weighted by Crippen LogP contribution is 2.48. The molecule has 0 fully saturated rings. The Morgan fingerprint density at radius 3 is 1.15 bits per heavy atom. The van der Waals surface area contributed by atoms with Gasteiger partial charge in [0, 0.05) is 98.9 Å². The third-order valence-electron chi connectivity index (χ3n) is 23.2. The van der Waals surface area contributed by atoms with Crippen LogP contribution >= 0.6 is 34.0 Å². The summed E-state index contributed by atoms with van der Waals surface area (Å²) in [5.74, 6) is 0. The predicted octanol–water partition coefficient (Wildman–Crippen LogP) is 34.0. The topological polar surface area (TPSA) is 18.1 Å². The molecule has 0 saturated heterocycles. The number of allylic oxidation sites excluding steroid dienone is 2. The quantitative estimate of drug-likeness (QED) is 0.148. The highest BCUT2D eigenvalue weighted by atomic mass is 32.1. The van der Waals surface area contributed by atoms with Gasteiger partial charge in [-0.3, -0.25) is 0 Å². The van der Waals surface area contributed by atoms with Crippen LogP contribution in [0.3, 0.4) is 0 Å². The Morgan fingerprint density at radius 1 is 0.237 bits per heavy atom. The number of para-hydroxylation sites is 4. The van der Waals surface area contributed by atoms with Crippen molar-refractivity contribution in [3.05, 3.63) is 422 Å². The lowest BCUT2D eigenvalue weighted by atomic mass is 9.93. The van der Waals surface area contributed by atoms with E-state index in [2.05, 4.69) is 421 Å². The van der Waals surface area contributed by atoms with Crippen molar-refractivity contribution < 1.29 is 4.42 Å². The van der Waals surface area contributed by atoms with Gasteiger partial charge in [-0.25, -0.2) is 0 Å². The van der Waals surface area contributed by atoms with Crippen LogP contribution < -0.4 is 0 Å². The maximum atomic E-state index is 6.48. The number of hydrogen-bond donors (Lipinski definition) is 0. The summed E-state index contributed by atoms with van der Waals surface area (Å²) in [5.41, 5.74) is 30.4. The number of aromatic nitrogens is 1. The zero-order valence-electron chi connectivity index (χ0n) is 66.9. The molecule has 0 N–H and O–H groups in total. The van der Waals surface area contributed by atoms with Gasteiger partial charge in [0.15, 0.2) is 0 Å². The minimum Gasteiger partial charge on any atom is -0.455 e. The summed E-state index contributed by atoms with van der Waals surface area (Å²) in [5, 5.41) is 13.2. The summed E-state index contributed by atoms with van der Waals surface area (Å²) in [6, 6.07) is 137. The number of benzene rings is 17. The third kappa shape index (κ3) is 14.5. The molecule has 0 aliphatic heterocycles. The van der Waals surface area contributed by atoms with Crippen LogP contribution in [-0.4, -0.2) is 4.57 Å². The Kier molecular flexibility index (Phi) is 21.0. The number of thiophene rings is 3. The lowest BCUT2D eigenvalue weighted by Gasteiger charge is -2.13. The lowest BCUT2D eigenvalue weighted by Crippen LogP contribution is -1.92. The van der Waals surface area contributed by atoms with Crippen LogP contribution in [0.25, 0.3) is 182 Å². The van der Waals surface area contributed by atoms with Crippen molar-refractivity contribution in [1.29, 1.82) is 0 Å². The molecular weight excluding hydrogens is 1480 g/mol. The molecule has 0 radical (unpaired) electrons. The second-order valence-corrected chi connectivity index (χ2v) is 34.0. The van der Waals surface area contributed by atoms with E-state index in [-0.39, 0.29) is 0 Å². The number of furan rings is 1. The average molecular weight is 1570 g/mol. The molecule has 5 heteroatoms. The van der Waals surface area contributed by atoms with Crippen molar-refractivity contribution in [2.45, 2.75) is 60.3 Å². The lowest BCUT2D eigenvalue weighted by molar-refractivity contribution is 0.671. The average Bonchev–Trinajstić information content (AvgIpc) is 1.66. The number of hydrogen-bond acceptors (Lipinski definition) is 4. The molecule has 1 aliphatic carbocycles. The van der Waals surface area contributed by atoms with E-state index in [1.165, 1.54) is 208 Å². The molecule has 0 bridgehead atoms. The Morgan fingerprint density at radius 2 is 0.602 bits per heavy atom. The van der Waals surface area contributed by atoms with E-state index in [4.69, 9.17) is 4.42 Å². The summed E-state index contributed by atoms with van der Waals surface area (Å²) >= 11 is 5.79. The summed E-state index contributed by atoms with van der Waals surface area (Å²) in [4.78, 5) is 0. The Labute approximate surface area is 701 Å². The molecule has 1 aliphatic rings. The van der Waals surface area contributed by atoms with Gasteiger partial charge in [0.05, 0.1) is 11.0 Å². The minimum absolute atomic E-state index is 0.953. The SMILES string of the molecule is Cc1ccc2c(c1)c1ccccc1n2-c1ccccc1.Cc1cccc(-c2cccc3c2sc2c(-c4ccccc4)cccc23)c1.Cc1cccc2c1sc1c(C3=CCCCC3)cccc12.Cc1ccccc1-c1cccc2c1oc1c(-c3ccccc3)cccc12.Cc1ccccc1-c1cccc2c1sc1c(-c3ccccc3)cccc12. The van der Waals surface area contributed by atoms with E-state index in [0.29, 0.717) is 0 Å². The van der Waals surface area contributed by atoms with Gasteiger partial charge in [-0.15, -0.1) is 34.0 Å². The zero-order valence-corrected chi connectivity index (χ0v) is 69.3. The van der Waals surface area contributed by atoms with Gasteiger partial charge in [-0.05, 0) is 174 Å². The molecule has 0 unspecified atom stereocenters. The fourth-order valence-electron chi connectivity index (χ4n) is 17.4. The second kappa shape index (κ2) is 33.2. The van der Waals surface area contributed by atoms with Crippen molar-refractivity contribution >= 4 is 144 Å². The van der Waals surface area contributed by atoms with E-state index in [1.807, 2.05) is 40.1 Å². The first-order chi connectivity index (χ1) is 58.1. The highest BCUT2D eigenvalue weighted by Gasteiger charge is 2.21. The molecule has 22 aromatic rings. The number of fused-ring (bicyclic) bond motifs is 15. The molecule has 0 saturated carbocycles. The molecule has 5 aromatic heterocycles. The van der Waals surface area contributed by atoms with Crippen LogP contribution in [-0.2, 0) is 0 Å². The standard InChI is InChI=1S/C25H18O.2C25H18S.C19H15N.C19H18S/c1-17-9-5-6-12-19(17)21-14-8-16-23-22-15-7-13-20(24(22)26-25(21)23)18-10-3-2-4-11-18;1-17-8-5-11-19(16-17)21-13-7-15-23-22-14-6-12-20(24(22)26-25(21)23)18-9-3-2-4-10-18;1-17-9-5-6-12-19(17)21-14-8-16-23-22-15-7-13-20(24(22)26-25(21)23)18-10-3-2-4-11-18;1-14-11-12-19-17(13-14)16-9-5-6-10-18(16)20(19)15-7-3-2-4-8-15;1-13-7-5-11-16-17-12-6-10-15(19(17)20-18(13)16)14-8-3-2-4-9-14/h3*2-16H,1H3;2-13H,1H3;5-8,10-12H,2-4,9H2,1H3. The van der Waals surface area contributed by atoms with E-state index >= 15 is 0 Å². The number of nitrogens with zero attached hydrogens (tertiary/aromatic N) is 1. The summed E-state index contributed by atoms with van der Waals surface area (Å²) < 4.78 is 17.2. The fourth-order valence-corrected chi connectivity index (χ4v) is 21.5. The van der Waals surface area contributed by atoms with Crippen LogP contribution in [0.4, 0.5) is 0 Å². The van der Waals surface area contributed by atoms with E-state index in [1.54, 1.807) is 5.57 Å². The minimum atomic E-state index is 0.953. The molecule has 23 rings (SSSR count). The molecule has 568 valence electrons. The van der Waals surface area contributed by atoms with Crippen molar-refractivity contribution in [1.82, 2.24) is 4.57 Å². The van der Waals surface area contributed by atoms with Crippen molar-refractivity contribution in [3.63, 3.8) is 0 Å². The zero-order chi connectivity index (χ0) is 79.6. The largest absolute Gasteiger partial charge is 0.455 e. The summed E-state index contributed by atoms with van der Waals surface area (Å²) in [6.07, 6.45) is 7.63. The Hall–Kier alpha value is -13.3. The van der Waals surface area contributed by atoms with E-state index < -0.39 is 0 Å². The van der Waals surface area contributed by atoms with E-state index in [0.717, 1.165) is 27.7 Å². The summed E-state index contributed by atoms with van der Waals surface area (Å²) in [7, 11) is 0. The monoisotopic (exact) mass is 1570 g/mol.